The summed E-state index contributed by atoms with van der Waals surface area (Å²) >= 11 is 0. The predicted molar refractivity (Wildman–Crippen MR) is 63.8 cm³/mol. The van der Waals surface area contributed by atoms with Gasteiger partial charge in [0.2, 0.25) is 0 Å². The van der Waals surface area contributed by atoms with Crippen molar-refractivity contribution in [3.05, 3.63) is 24.0 Å². The van der Waals surface area contributed by atoms with Gasteiger partial charge in [0.1, 0.15) is 11.6 Å². The molecule has 0 unspecified atom stereocenters. The van der Waals surface area contributed by atoms with Crippen LogP contribution in [-0.4, -0.2) is 23.4 Å². The minimum absolute atomic E-state index is 0.150. The van der Waals surface area contributed by atoms with Crippen LogP contribution in [0.4, 0.5) is 4.39 Å². The van der Waals surface area contributed by atoms with Gasteiger partial charge in [-0.05, 0) is 33.8 Å². The standard InChI is InChI=1S/C12H16BFO3/c1-11(2)12(3,4)17-13(16-11)9-6-5-8(14)7-10(9)15/h5-7,15H,1-4H3. The molecule has 0 amide bonds. The topological polar surface area (TPSA) is 38.7 Å². The van der Waals surface area contributed by atoms with Gasteiger partial charge in [-0.15, -0.1) is 0 Å². The van der Waals surface area contributed by atoms with E-state index in [9.17, 15) is 9.50 Å². The van der Waals surface area contributed by atoms with Crippen LogP contribution in [0.15, 0.2) is 18.2 Å². The highest BCUT2D eigenvalue weighted by atomic mass is 19.1. The first kappa shape index (κ1) is 12.4. The van der Waals surface area contributed by atoms with Crippen LogP contribution < -0.4 is 5.46 Å². The maximum absolute atomic E-state index is 12.9. The molecule has 5 heteroatoms. The summed E-state index contributed by atoms with van der Waals surface area (Å²) in [5, 5.41) is 9.69. The fourth-order valence-electron chi connectivity index (χ4n) is 1.69. The van der Waals surface area contributed by atoms with Gasteiger partial charge in [0.05, 0.1) is 11.2 Å². The van der Waals surface area contributed by atoms with Crippen LogP contribution in [0.25, 0.3) is 0 Å². The lowest BCUT2D eigenvalue weighted by Gasteiger charge is -2.32. The SMILES string of the molecule is CC1(C)OB(c2ccc(F)cc2O)OC1(C)C. The van der Waals surface area contributed by atoms with E-state index in [1.165, 1.54) is 12.1 Å². The van der Waals surface area contributed by atoms with Crippen molar-refractivity contribution in [3.8, 4) is 5.75 Å². The molecule has 1 aliphatic heterocycles. The second-order valence-corrected chi connectivity index (χ2v) is 5.29. The molecule has 0 atom stereocenters. The molecule has 17 heavy (non-hydrogen) atoms. The molecule has 0 radical (unpaired) electrons. The largest absolute Gasteiger partial charge is 0.508 e. The van der Waals surface area contributed by atoms with Gasteiger partial charge in [0.15, 0.2) is 0 Å². The molecule has 0 aliphatic carbocycles. The summed E-state index contributed by atoms with van der Waals surface area (Å²) < 4.78 is 24.4. The normalized spacial score (nSPS) is 21.8. The molecule has 92 valence electrons. The summed E-state index contributed by atoms with van der Waals surface area (Å²) in [7, 11) is -0.666. The zero-order valence-corrected chi connectivity index (χ0v) is 10.5. The molecule has 1 aliphatic rings. The number of phenols is 1. The van der Waals surface area contributed by atoms with E-state index < -0.39 is 24.1 Å². The van der Waals surface area contributed by atoms with Crippen LogP contribution in [0, 0.1) is 5.82 Å². The van der Waals surface area contributed by atoms with Crippen molar-refractivity contribution >= 4 is 12.6 Å². The fraction of sp³-hybridized carbons (Fsp3) is 0.500. The second-order valence-electron chi connectivity index (χ2n) is 5.29. The number of hydrogen-bond acceptors (Lipinski definition) is 3. The Morgan fingerprint density at radius 2 is 1.65 bits per heavy atom. The molecule has 0 spiro atoms. The summed E-state index contributed by atoms with van der Waals surface area (Å²) in [5.41, 5.74) is -0.498. The first-order valence-corrected chi connectivity index (χ1v) is 5.57. The van der Waals surface area contributed by atoms with E-state index >= 15 is 0 Å². The van der Waals surface area contributed by atoms with E-state index in [0.717, 1.165) is 6.07 Å². The lowest BCUT2D eigenvalue weighted by Crippen LogP contribution is -2.41. The second kappa shape index (κ2) is 3.72. The fourth-order valence-corrected chi connectivity index (χ4v) is 1.69. The summed E-state index contributed by atoms with van der Waals surface area (Å²) in [6.07, 6.45) is 0. The van der Waals surface area contributed by atoms with Crippen molar-refractivity contribution in [3.63, 3.8) is 0 Å². The third-order valence-electron chi connectivity index (χ3n) is 3.50. The predicted octanol–water partition coefficient (Wildman–Crippen LogP) is 1.83. The summed E-state index contributed by atoms with van der Waals surface area (Å²) in [6.45, 7) is 7.70. The van der Waals surface area contributed by atoms with Crippen LogP contribution in [0.3, 0.4) is 0 Å². The van der Waals surface area contributed by atoms with E-state index in [1.54, 1.807) is 0 Å². The quantitative estimate of drug-likeness (QED) is 0.758. The van der Waals surface area contributed by atoms with Crippen molar-refractivity contribution in [2.24, 2.45) is 0 Å². The van der Waals surface area contributed by atoms with Crippen LogP contribution in [-0.2, 0) is 9.31 Å². The molecule has 1 fully saturated rings. The van der Waals surface area contributed by atoms with Gasteiger partial charge >= 0.3 is 7.12 Å². The Morgan fingerprint density at radius 1 is 1.12 bits per heavy atom. The number of hydrogen-bond donors (Lipinski definition) is 1. The van der Waals surface area contributed by atoms with Gasteiger partial charge < -0.3 is 14.4 Å². The number of benzene rings is 1. The molecule has 2 rings (SSSR count). The highest BCUT2D eigenvalue weighted by Crippen LogP contribution is 2.37. The van der Waals surface area contributed by atoms with Crippen LogP contribution in [0.5, 0.6) is 5.75 Å². The van der Waals surface area contributed by atoms with Gasteiger partial charge in [-0.3, -0.25) is 0 Å². The Kier molecular flexibility index (Phi) is 2.71. The zero-order valence-electron chi connectivity index (χ0n) is 10.5. The van der Waals surface area contributed by atoms with Crippen LogP contribution >= 0.6 is 0 Å². The van der Waals surface area contributed by atoms with E-state index in [1.807, 2.05) is 27.7 Å². The molecule has 0 saturated carbocycles. The minimum atomic E-state index is -0.666. The van der Waals surface area contributed by atoms with Gasteiger partial charge in [-0.25, -0.2) is 4.39 Å². The average molecular weight is 238 g/mol. The molecule has 0 bridgehead atoms. The highest BCUT2D eigenvalue weighted by molar-refractivity contribution is 6.63. The van der Waals surface area contributed by atoms with E-state index in [0.29, 0.717) is 5.46 Å². The molecular formula is C12H16BFO3. The monoisotopic (exact) mass is 238 g/mol. The van der Waals surface area contributed by atoms with Crippen LogP contribution in [0.2, 0.25) is 0 Å². The highest BCUT2D eigenvalue weighted by Gasteiger charge is 2.52. The van der Waals surface area contributed by atoms with E-state index in [-0.39, 0.29) is 5.75 Å². The first-order valence-electron chi connectivity index (χ1n) is 5.57. The third kappa shape index (κ3) is 2.05. The van der Waals surface area contributed by atoms with Gasteiger partial charge in [0.25, 0.3) is 0 Å². The van der Waals surface area contributed by atoms with Crippen molar-refractivity contribution in [1.82, 2.24) is 0 Å². The van der Waals surface area contributed by atoms with Crippen LogP contribution in [0.1, 0.15) is 27.7 Å². The average Bonchev–Trinajstić information content (AvgIpc) is 2.35. The van der Waals surface area contributed by atoms with Crippen molar-refractivity contribution in [1.29, 1.82) is 0 Å². The zero-order chi connectivity index (χ0) is 12.8. The Labute approximate surface area is 101 Å². The van der Waals surface area contributed by atoms with E-state index in [2.05, 4.69) is 0 Å². The lowest BCUT2D eigenvalue weighted by molar-refractivity contribution is 0.00578. The molecule has 3 nitrogen and oxygen atoms in total. The molecule has 1 N–H and O–H groups in total. The lowest BCUT2D eigenvalue weighted by atomic mass is 9.78. The Morgan fingerprint density at radius 3 is 2.12 bits per heavy atom. The summed E-state index contributed by atoms with van der Waals surface area (Å²) in [4.78, 5) is 0. The van der Waals surface area contributed by atoms with Crippen molar-refractivity contribution < 1.29 is 18.8 Å². The minimum Gasteiger partial charge on any atom is -0.508 e. The Balaban J connectivity index is 2.32. The number of halogens is 1. The number of aromatic hydroxyl groups is 1. The molecule has 1 aromatic carbocycles. The summed E-state index contributed by atoms with van der Waals surface area (Å²) in [6, 6.07) is 3.81. The molecule has 1 saturated heterocycles. The maximum atomic E-state index is 12.9. The Hall–Kier alpha value is -1.07. The summed E-state index contributed by atoms with van der Waals surface area (Å²) in [5.74, 6) is -0.633. The Bertz CT molecular complexity index is 429. The molecule has 1 aromatic rings. The number of phenolic OH excluding ortho intramolecular Hbond substituents is 1. The van der Waals surface area contributed by atoms with Gasteiger partial charge in [-0.2, -0.15) is 0 Å². The smallest absolute Gasteiger partial charge is 0.498 e. The maximum Gasteiger partial charge on any atom is 0.498 e. The molecular weight excluding hydrogens is 222 g/mol. The van der Waals surface area contributed by atoms with Crippen molar-refractivity contribution in [2.75, 3.05) is 0 Å². The number of rotatable bonds is 1. The van der Waals surface area contributed by atoms with Gasteiger partial charge in [0, 0.05) is 11.5 Å². The van der Waals surface area contributed by atoms with E-state index in [4.69, 9.17) is 9.31 Å². The molecule has 0 aromatic heterocycles. The van der Waals surface area contributed by atoms with Gasteiger partial charge in [-0.1, -0.05) is 6.07 Å². The first-order chi connectivity index (χ1) is 7.73. The molecule has 1 heterocycles. The van der Waals surface area contributed by atoms with Crippen molar-refractivity contribution in [2.45, 2.75) is 38.9 Å². The third-order valence-corrected chi connectivity index (χ3v) is 3.50.